The Morgan fingerprint density at radius 2 is 2.36 bits per heavy atom. The van der Waals surface area contributed by atoms with Crippen molar-refractivity contribution in [3.8, 4) is 0 Å². The number of hydrogen-bond acceptors (Lipinski definition) is 4. The molecule has 0 aliphatic heterocycles. The van der Waals surface area contributed by atoms with Gasteiger partial charge in [0.1, 0.15) is 0 Å². The molecule has 11 heavy (non-hydrogen) atoms. The molecule has 0 unspecified atom stereocenters. The van der Waals surface area contributed by atoms with Crippen molar-refractivity contribution in [2.24, 2.45) is 5.92 Å². The van der Waals surface area contributed by atoms with Gasteiger partial charge in [-0.05, 0) is 23.9 Å². The fourth-order valence-electron chi connectivity index (χ4n) is 1.48. The predicted molar refractivity (Wildman–Crippen MR) is 38.1 cm³/mol. The molecule has 1 aromatic heterocycles. The Hall–Kier alpha value is -1.06. The summed E-state index contributed by atoms with van der Waals surface area (Å²) in [6.07, 6.45) is 2.58. The summed E-state index contributed by atoms with van der Waals surface area (Å²) in [5, 5.41) is 7.04. The third-order valence-electron chi connectivity index (χ3n) is 2.57. The van der Waals surface area contributed by atoms with Gasteiger partial charge in [-0.25, -0.2) is 0 Å². The molecule has 2 saturated carbocycles. The van der Waals surface area contributed by atoms with Crippen LogP contribution in [0.15, 0.2) is 4.52 Å². The Balaban J connectivity index is 1.79. The number of fused-ring (bicyclic) bond motifs is 1. The van der Waals surface area contributed by atoms with E-state index in [1.807, 2.05) is 0 Å². The topological polar surface area (TPSA) is 51.0 Å². The molecule has 0 radical (unpaired) electrons. The highest BCUT2D eigenvalue weighted by Gasteiger charge is 2.70. The first-order valence-corrected chi connectivity index (χ1v) is 3.87. The first-order chi connectivity index (χ1) is 5.28. The summed E-state index contributed by atoms with van der Waals surface area (Å²) in [6.45, 7) is 1.80. The van der Waals surface area contributed by atoms with Gasteiger partial charge in [0.05, 0.1) is 0 Å². The fraction of sp³-hybridized carbons (Fsp3) is 0.714. The van der Waals surface area contributed by atoms with Gasteiger partial charge in [-0.3, -0.25) is 0 Å². The third kappa shape index (κ3) is 0.692. The van der Waals surface area contributed by atoms with E-state index in [0.717, 1.165) is 5.92 Å². The van der Waals surface area contributed by atoms with Gasteiger partial charge < -0.3 is 9.84 Å². The fourth-order valence-corrected chi connectivity index (χ4v) is 1.48. The highest BCUT2D eigenvalue weighted by molar-refractivity contribution is 5.43. The quantitative estimate of drug-likeness (QED) is 0.683. The van der Waals surface area contributed by atoms with Crippen LogP contribution in [0.1, 0.15) is 18.7 Å². The molecule has 3 rings (SSSR count). The highest BCUT2D eigenvalue weighted by Crippen LogP contribution is 2.68. The second-order valence-corrected chi connectivity index (χ2v) is 3.52. The lowest BCUT2D eigenvalue weighted by Gasteiger charge is -2.00. The molecule has 1 N–H and O–H groups in total. The number of aromatic nitrogens is 2. The van der Waals surface area contributed by atoms with Gasteiger partial charge >= 0.3 is 0 Å². The molecule has 2 aliphatic rings. The van der Waals surface area contributed by atoms with Crippen molar-refractivity contribution >= 4 is 5.95 Å². The minimum atomic E-state index is 0.399. The van der Waals surface area contributed by atoms with Crippen LogP contribution < -0.4 is 5.32 Å². The summed E-state index contributed by atoms with van der Waals surface area (Å²) in [6, 6.07) is 0. The molecular weight excluding hydrogens is 142 g/mol. The van der Waals surface area contributed by atoms with Gasteiger partial charge in [0.15, 0.2) is 0 Å². The maximum Gasteiger partial charge on any atom is 0.263 e. The zero-order valence-corrected chi connectivity index (χ0v) is 6.29. The molecule has 2 aliphatic carbocycles. The molecule has 0 spiro atoms. The maximum absolute atomic E-state index is 4.83. The Kier molecular flexibility index (Phi) is 0.718. The van der Waals surface area contributed by atoms with Crippen LogP contribution in [0.25, 0.3) is 0 Å². The highest BCUT2D eigenvalue weighted by atomic mass is 16.5. The van der Waals surface area contributed by atoms with Crippen molar-refractivity contribution < 1.29 is 4.52 Å². The number of nitrogens with one attached hydrogen (secondary N) is 1. The second kappa shape index (κ2) is 1.42. The number of anilines is 1. The van der Waals surface area contributed by atoms with Crippen molar-refractivity contribution in [1.29, 1.82) is 0 Å². The third-order valence-corrected chi connectivity index (χ3v) is 2.57. The van der Waals surface area contributed by atoms with E-state index in [0.29, 0.717) is 17.4 Å². The van der Waals surface area contributed by atoms with Gasteiger partial charge in [-0.15, -0.1) is 0 Å². The van der Waals surface area contributed by atoms with Crippen molar-refractivity contribution in [2.45, 2.75) is 25.3 Å². The van der Waals surface area contributed by atoms with Crippen molar-refractivity contribution in [3.63, 3.8) is 0 Å². The van der Waals surface area contributed by atoms with E-state index in [1.54, 1.807) is 6.92 Å². The van der Waals surface area contributed by atoms with E-state index in [2.05, 4.69) is 15.5 Å². The van der Waals surface area contributed by atoms with Crippen LogP contribution in [0.2, 0.25) is 0 Å². The zero-order chi connectivity index (χ0) is 7.47. The van der Waals surface area contributed by atoms with Gasteiger partial charge in [-0.2, -0.15) is 4.98 Å². The molecule has 1 aromatic rings. The lowest BCUT2D eigenvalue weighted by atomic mass is 10.4. The summed E-state index contributed by atoms with van der Waals surface area (Å²) in [4.78, 5) is 4.07. The number of hydrogen-bond donors (Lipinski definition) is 1. The maximum atomic E-state index is 4.83. The molecule has 0 aromatic carbocycles. The predicted octanol–water partition coefficient (Wildman–Crippen LogP) is 0.952. The SMILES string of the molecule is Cc1nc(NC23CC2C3)no1. The second-order valence-electron chi connectivity index (χ2n) is 3.52. The van der Waals surface area contributed by atoms with Crippen LogP contribution in [0.4, 0.5) is 5.95 Å². The van der Waals surface area contributed by atoms with Gasteiger partial charge in [0.25, 0.3) is 5.95 Å². The minimum Gasteiger partial charge on any atom is -0.346 e. The average Bonchev–Trinajstić information content (AvgIpc) is 2.65. The number of aryl methyl sites for hydroxylation is 1. The van der Waals surface area contributed by atoms with E-state index in [1.165, 1.54) is 12.8 Å². The van der Waals surface area contributed by atoms with Gasteiger partial charge in [-0.1, -0.05) is 0 Å². The van der Waals surface area contributed by atoms with E-state index in [-0.39, 0.29) is 0 Å². The van der Waals surface area contributed by atoms with Crippen LogP contribution >= 0.6 is 0 Å². The zero-order valence-electron chi connectivity index (χ0n) is 6.29. The van der Waals surface area contributed by atoms with Crippen LogP contribution in [0.3, 0.4) is 0 Å². The van der Waals surface area contributed by atoms with Crippen molar-refractivity contribution in [2.75, 3.05) is 5.32 Å². The summed E-state index contributed by atoms with van der Waals surface area (Å²) >= 11 is 0. The van der Waals surface area contributed by atoms with Crippen LogP contribution in [0.5, 0.6) is 0 Å². The minimum absolute atomic E-state index is 0.399. The lowest BCUT2D eigenvalue weighted by Crippen LogP contribution is -2.10. The van der Waals surface area contributed by atoms with Crippen LogP contribution in [0, 0.1) is 12.8 Å². The van der Waals surface area contributed by atoms with Crippen molar-refractivity contribution in [3.05, 3.63) is 5.89 Å². The largest absolute Gasteiger partial charge is 0.346 e. The Bertz CT molecular complexity index is 300. The monoisotopic (exact) mass is 151 g/mol. The molecule has 0 bridgehead atoms. The van der Waals surface area contributed by atoms with E-state index < -0.39 is 0 Å². The van der Waals surface area contributed by atoms with Crippen molar-refractivity contribution in [1.82, 2.24) is 10.1 Å². The number of rotatable bonds is 2. The molecule has 0 saturated heterocycles. The number of nitrogens with zero attached hydrogens (tertiary/aromatic N) is 2. The molecule has 2 fully saturated rings. The first-order valence-electron chi connectivity index (χ1n) is 3.87. The Labute approximate surface area is 64.0 Å². The average molecular weight is 151 g/mol. The molecule has 4 heteroatoms. The molecule has 4 nitrogen and oxygen atoms in total. The van der Waals surface area contributed by atoms with Crippen LogP contribution in [-0.2, 0) is 0 Å². The van der Waals surface area contributed by atoms with E-state index in [9.17, 15) is 0 Å². The van der Waals surface area contributed by atoms with E-state index in [4.69, 9.17) is 4.52 Å². The van der Waals surface area contributed by atoms with Gasteiger partial charge in [0.2, 0.25) is 5.89 Å². The summed E-state index contributed by atoms with van der Waals surface area (Å²) in [5.74, 6) is 2.19. The molecule has 0 amide bonds. The summed E-state index contributed by atoms with van der Waals surface area (Å²) in [5.41, 5.74) is 0.399. The molecular formula is C7H9N3O. The molecule has 1 heterocycles. The summed E-state index contributed by atoms with van der Waals surface area (Å²) in [7, 11) is 0. The Morgan fingerprint density at radius 1 is 1.64 bits per heavy atom. The lowest BCUT2D eigenvalue weighted by molar-refractivity contribution is 0.394. The smallest absolute Gasteiger partial charge is 0.263 e. The normalized spacial score (nSPS) is 38.1. The summed E-state index contributed by atoms with van der Waals surface area (Å²) < 4.78 is 4.83. The molecule has 58 valence electrons. The standard InChI is InChI=1S/C7H9N3O/c1-4-8-6(10-11-4)9-7-2-5(7)3-7/h5H,2-3H2,1H3,(H,9,10). The van der Waals surface area contributed by atoms with Crippen LogP contribution in [-0.4, -0.2) is 15.7 Å². The Morgan fingerprint density at radius 3 is 2.82 bits per heavy atom. The van der Waals surface area contributed by atoms with E-state index >= 15 is 0 Å². The first kappa shape index (κ1) is 5.57. The van der Waals surface area contributed by atoms with Gasteiger partial charge in [0, 0.05) is 12.5 Å². The molecule has 0 atom stereocenters.